The van der Waals surface area contributed by atoms with Gasteiger partial charge in [-0.3, -0.25) is 10.1 Å². The molecule has 0 bridgehead atoms. The number of anilines is 1. The van der Waals surface area contributed by atoms with Gasteiger partial charge >= 0.3 is 0 Å². The van der Waals surface area contributed by atoms with Gasteiger partial charge in [0.05, 0.1) is 20.6 Å². The highest BCUT2D eigenvalue weighted by Crippen LogP contribution is 2.17. The van der Waals surface area contributed by atoms with E-state index < -0.39 is 0 Å². The Morgan fingerprint density at radius 3 is 2.76 bits per heavy atom. The number of rotatable bonds is 5. The lowest BCUT2D eigenvalue weighted by atomic mass is 10.1. The Labute approximate surface area is 127 Å². The number of aromatic nitrogens is 2. The molecule has 0 saturated carbocycles. The van der Waals surface area contributed by atoms with Crippen molar-refractivity contribution in [2.75, 3.05) is 19.5 Å². The van der Waals surface area contributed by atoms with Crippen LogP contribution >= 0.6 is 11.6 Å². The van der Waals surface area contributed by atoms with Gasteiger partial charge in [0.15, 0.2) is 0 Å². The van der Waals surface area contributed by atoms with Crippen molar-refractivity contribution >= 4 is 23.5 Å². The monoisotopic (exact) mass is 307 g/mol. The van der Waals surface area contributed by atoms with E-state index in [4.69, 9.17) is 21.1 Å². The fraction of sp³-hybridized carbons (Fsp3) is 0.214. The van der Waals surface area contributed by atoms with Gasteiger partial charge < -0.3 is 9.47 Å². The molecule has 1 aromatic heterocycles. The molecular weight excluding hydrogens is 294 g/mol. The Morgan fingerprint density at radius 1 is 1.24 bits per heavy atom. The maximum Gasteiger partial charge on any atom is 0.234 e. The molecular formula is C14H14ClN3O3. The van der Waals surface area contributed by atoms with Gasteiger partial charge in [0.1, 0.15) is 10.9 Å². The van der Waals surface area contributed by atoms with E-state index in [1.807, 2.05) is 18.2 Å². The number of halogens is 1. The molecule has 0 aliphatic rings. The summed E-state index contributed by atoms with van der Waals surface area (Å²) >= 11 is 5.81. The van der Waals surface area contributed by atoms with Gasteiger partial charge in [0, 0.05) is 6.07 Å². The Hall–Kier alpha value is -2.34. The topological polar surface area (TPSA) is 73.3 Å². The van der Waals surface area contributed by atoms with Gasteiger partial charge in [-0.25, -0.2) is 4.98 Å². The smallest absolute Gasteiger partial charge is 0.234 e. The third-order valence-electron chi connectivity index (χ3n) is 2.63. The minimum absolute atomic E-state index is 0.104. The first-order valence-electron chi connectivity index (χ1n) is 6.12. The average Bonchev–Trinajstić information content (AvgIpc) is 2.46. The fourth-order valence-corrected chi connectivity index (χ4v) is 1.87. The largest absolute Gasteiger partial charge is 0.497 e. The van der Waals surface area contributed by atoms with Crippen LogP contribution in [0.3, 0.4) is 0 Å². The van der Waals surface area contributed by atoms with Gasteiger partial charge in [-0.2, -0.15) is 4.98 Å². The molecule has 0 aliphatic carbocycles. The van der Waals surface area contributed by atoms with Crippen molar-refractivity contribution in [2.24, 2.45) is 0 Å². The average molecular weight is 308 g/mol. The number of amides is 1. The van der Waals surface area contributed by atoms with Crippen LogP contribution in [0, 0.1) is 0 Å². The van der Waals surface area contributed by atoms with E-state index in [0.717, 1.165) is 5.56 Å². The molecule has 1 N–H and O–H groups in total. The summed E-state index contributed by atoms with van der Waals surface area (Å²) in [7, 11) is 3.03. The van der Waals surface area contributed by atoms with E-state index in [1.165, 1.54) is 13.2 Å². The molecule has 1 heterocycles. The zero-order valence-corrected chi connectivity index (χ0v) is 12.3. The molecule has 0 spiro atoms. The standard InChI is InChI=1S/C14H14ClN3O3/c1-20-10-5-3-4-9(6-10)7-12(19)17-14-16-11(15)8-13(18-14)21-2/h3-6,8H,7H2,1-2H3,(H,16,17,18,19). The van der Waals surface area contributed by atoms with Crippen LogP contribution in [0.4, 0.5) is 5.95 Å². The van der Waals surface area contributed by atoms with E-state index in [1.54, 1.807) is 13.2 Å². The first-order valence-corrected chi connectivity index (χ1v) is 6.50. The van der Waals surface area contributed by atoms with Crippen LogP contribution in [0.5, 0.6) is 11.6 Å². The van der Waals surface area contributed by atoms with E-state index in [2.05, 4.69) is 15.3 Å². The molecule has 2 rings (SSSR count). The van der Waals surface area contributed by atoms with E-state index in [-0.39, 0.29) is 29.3 Å². The molecule has 6 nitrogen and oxygen atoms in total. The Morgan fingerprint density at radius 2 is 2.05 bits per heavy atom. The van der Waals surface area contributed by atoms with Crippen molar-refractivity contribution in [3.05, 3.63) is 41.0 Å². The van der Waals surface area contributed by atoms with Crippen LogP contribution < -0.4 is 14.8 Å². The quantitative estimate of drug-likeness (QED) is 0.858. The second kappa shape index (κ2) is 6.90. The van der Waals surface area contributed by atoms with Gasteiger partial charge in [-0.1, -0.05) is 23.7 Å². The van der Waals surface area contributed by atoms with Crippen LogP contribution in [0.15, 0.2) is 30.3 Å². The number of nitrogens with one attached hydrogen (secondary N) is 1. The zero-order chi connectivity index (χ0) is 15.2. The first kappa shape index (κ1) is 15.1. The predicted molar refractivity (Wildman–Crippen MR) is 78.9 cm³/mol. The van der Waals surface area contributed by atoms with Crippen LogP contribution in [0.1, 0.15) is 5.56 Å². The van der Waals surface area contributed by atoms with Crippen molar-refractivity contribution < 1.29 is 14.3 Å². The third-order valence-corrected chi connectivity index (χ3v) is 2.82. The summed E-state index contributed by atoms with van der Waals surface area (Å²) in [5.74, 6) is 0.826. The van der Waals surface area contributed by atoms with Crippen LogP contribution in [0.25, 0.3) is 0 Å². The van der Waals surface area contributed by atoms with Crippen molar-refractivity contribution in [1.82, 2.24) is 9.97 Å². The summed E-state index contributed by atoms with van der Waals surface area (Å²) in [6.07, 6.45) is 0.176. The maximum atomic E-state index is 12.0. The lowest BCUT2D eigenvalue weighted by Crippen LogP contribution is -2.16. The number of benzene rings is 1. The van der Waals surface area contributed by atoms with Gasteiger partial charge in [0.2, 0.25) is 17.7 Å². The Bertz CT molecular complexity index is 649. The van der Waals surface area contributed by atoms with Crippen LogP contribution in [-0.2, 0) is 11.2 Å². The number of ether oxygens (including phenoxy) is 2. The second-order valence-electron chi connectivity index (χ2n) is 4.13. The number of methoxy groups -OCH3 is 2. The summed E-state index contributed by atoms with van der Waals surface area (Å²) in [6.45, 7) is 0. The van der Waals surface area contributed by atoms with E-state index in [9.17, 15) is 4.79 Å². The molecule has 0 unspecified atom stereocenters. The summed E-state index contributed by atoms with van der Waals surface area (Å²) in [4.78, 5) is 19.9. The summed E-state index contributed by atoms with van der Waals surface area (Å²) in [5.41, 5.74) is 0.820. The van der Waals surface area contributed by atoms with Gasteiger partial charge in [0.25, 0.3) is 0 Å². The number of carbonyl (C=O) groups is 1. The van der Waals surface area contributed by atoms with Gasteiger partial charge in [-0.15, -0.1) is 0 Å². The zero-order valence-electron chi connectivity index (χ0n) is 11.6. The first-order chi connectivity index (χ1) is 10.1. The molecule has 1 aromatic carbocycles. The van der Waals surface area contributed by atoms with Crippen molar-refractivity contribution in [3.8, 4) is 11.6 Å². The summed E-state index contributed by atoms with van der Waals surface area (Å²) in [6, 6.07) is 8.71. The maximum absolute atomic E-state index is 12.0. The van der Waals surface area contributed by atoms with E-state index >= 15 is 0 Å². The summed E-state index contributed by atoms with van der Waals surface area (Å²) < 4.78 is 10.1. The number of carbonyl (C=O) groups excluding carboxylic acids is 1. The highest BCUT2D eigenvalue weighted by atomic mass is 35.5. The van der Waals surface area contributed by atoms with Crippen molar-refractivity contribution in [1.29, 1.82) is 0 Å². The molecule has 0 radical (unpaired) electrons. The van der Waals surface area contributed by atoms with Gasteiger partial charge in [-0.05, 0) is 17.7 Å². The molecule has 0 atom stereocenters. The third kappa shape index (κ3) is 4.32. The molecule has 0 saturated heterocycles. The molecule has 1 amide bonds. The SMILES string of the molecule is COc1cccc(CC(=O)Nc2nc(Cl)cc(OC)n2)c1. The Balaban J connectivity index is 2.06. The van der Waals surface area contributed by atoms with Crippen molar-refractivity contribution in [2.45, 2.75) is 6.42 Å². The number of hydrogen-bond acceptors (Lipinski definition) is 5. The molecule has 0 fully saturated rings. The highest BCUT2D eigenvalue weighted by Gasteiger charge is 2.09. The molecule has 2 aromatic rings. The Kier molecular flexibility index (Phi) is 4.94. The molecule has 7 heteroatoms. The number of hydrogen-bond donors (Lipinski definition) is 1. The van der Waals surface area contributed by atoms with Crippen LogP contribution in [-0.4, -0.2) is 30.1 Å². The fourth-order valence-electron chi connectivity index (χ4n) is 1.69. The molecule has 0 aliphatic heterocycles. The lowest BCUT2D eigenvalue weighted by Gasteiger charge is -2.07. The van der Waals surface area contributed by atoms with Crippen LogP contribution in [0.2, 0.25) is 5.15 Å². The minimum atomic E-state index is -0.257. The van der Waals surface area contributed by atoms with E-state index in [0.29, 0.717) is 5.75 Å². The predicted octanol–water partition coefficient (Wildman–Crippen LogP) is 2.33. The lowest BCUT2D eigenvalue weighted by molar-refractivity contribution is -0.115. The molecule has 110 valence electrons. The van der Waals surface area contributed by atoms with Crippen molar-refractivity contribution in [3.63, 3.8) is 0 Å². The number of nitrogens with zero attached hydrogens (tertiary/aromatic N) is 2. The summed E-state index contributed by atoms with van der Waals surface area (Å²) in [5, 5.41) is 2.77. The normalized spacial score (nSPS) is 10.0. The minimum Gasteiger partial charge on any atom is -0.497 e. The second-order valence-corrected chi connectivity index (χ2v) is 4.52. The molecule has 21 heavy (non-hydrogen) atoms. The highest BCUT2D eigenvalue weighted by molar-refractivity contribution is 6.29.